The molecule has 1 fully saturated rings. The molecule has 5 N–H and O–H groups in total. The minimum Gasteiger partial charge on any atom is -0.395 e. The van der Waals surface area contributed by atoms with Gasteiger partial charge in [0.15, 0.2) is 5.69 Å². The van der Waals surface area contributed by atoms with Crippen LogP contribution in [0.25, 0.3) is 0 Å². The number of rotatable bonds is 4. The fourth-order valence-corrected chi connectivity index (χ4v) is 2.56. The molecule has 6 heteroatoms. The summed E-state index contributed by atoms with van der Waals surface area (Å²) in [7, 11) is 0. The number of nitrogens with two attached hydrogens (primary N) is 1. The van der Waals surface area contributed by atoms with Crippen LogP contribution < -0.4 is 11.1 Å². The predicted molar refractivity (Wildman–Crippen MR) is 72.7 cm³/mol. The van der Waals surface area contributed by atoms with Crippen molar-refractivity contribution in [3.05, 3.63) is 11.4 Å². The van der Waals surface area contributed by atoms with E-state index in [0.717, 1.165) is 31.4 Å². The summed E-state index contributed by atoms with van der Waals surface area (Å²) in [6.07, 6.45) is 4.37. The number of amides is 1. The standard InChI is InChI=1S/C13H22N4O2/c1-2-9-11(14)12(17-16-9)13(19)15-7-8-5-3-4-6-10(8)18/h8,10,18H,2-7,14H2,1H3,(H,15,19)(H,16,17). The van der Waals surface area contributed by atoms with Crippen LogP contribution in [0.15, 0.2) is 0 Å². The molecular formula is C13H22N4O2. The van der Waals surface area contributed by atoms with Crippen LogP contribution >= 0.6 is 0 Å². The van der Waals surface area contributed by atoms with Crippen LogP contribution in [0.5, 0.6) is 0 Å². The van der Waals surface area contributed by atoms with Crippen LogP contribution in [0.4, 0.5) is 5.69 Å². The van der Waals surface area contributed by atoms with Crippen LogP contribution in [-0.4, -0.2) is 33.9 Å². The number of aromatic amines is 1. The molecule has 19 heavy (non-hydrogen) atoms. The number of anilines is 1. The molecule has 2 atom stereocenters. The number of carbonyl (C=O) groups excluding carboxylic acids is 1. The molecule has 0 spiro atoms. The summed E-state index contributed by atoms with van der Waals surface area (Å²) < 4.78 is 0. The second-order valence-electron chi connectivity index (χ2n) is 5.14. The van der Waals surface area contributed by atoms with E-state index >= 15 is 0 Å². The summed E-state index contributed by atoms with van der Waals surface area (Å²) in [5, 5.41) is 19.4. The van der Waals surface area contributed by atoms with Crippen molar-refractivity contribution in [3.8, 4) is 0 Å². The van der Waals surface area contributed by atoms with Crippen molar-refractivity contribution in [3.63, 3.8) is 0 Å². The fourth-order valence-electron chi connectivity index (χ4n) is 2.56. The number of H-pyrrole nitrogens is 1. The number of carbonyl (C=O) groups is 1. The average molecular weight is 266 g/mol. The molecule has 0 aromatic carbocycles. The molecule has 106 valence electrons. The van der Waals surface area contributed by atoms with Crippen LogP contribution in [0, 0.1) is 5.92 Å². The van der Waals surface area contributed by atoms with E-state index in [-0.39, 0.29) is 23.6 Å². The van der Waals surface area contributed by atoms with E-state index in [4.69, 9.17) is 5.73 Å². The molecule has 1 heterocycles. The Morgan fingerprint density at radius 3 is 2.89 bits per heavy atom. The van der Waals surface area contributed by atoms with Crippen molar-refractivity contribution in [2.24, 2.45) is 5.92 Å². The third kappa shape index (κ3) is 3.07. The molecule has 1 aromatic heterocycles. The number of hydrogen-bond donors (Lipinski definition) is 4. The van der Waals surface area contributed by atoms with Gasteiger partial charge in [-0.15, -0.1) is 0 Å². The van der Waals surface area contributed by atoms with Crippen LogP contribution in [0.3, 0.4) is 0 Å². The zero-order valence-corrected chi connectivity index (χ0v) is 11.3. The largest absolute Gasteiger partial charge is 0.395 e. The molecule has 0 bridgehead atoms. The summed E-state index contributed by atoms with van der Waals surface area (Å²) in [5.74, 6) is -0.130. The molecule has 1 saturated carbocycles. The zero-order chi connectivity index (χ0) is 13.8. The lowest BCUT2D eigenvalue weighted by atomic mass is 9.86. The van der Waals surface area contributed by atoms with Crippen LogP contribution in [-0.2, 0) is 6.42 Å². The average Bonchev–Trinajstić information content (AvgIpc) is 2.78. The first kappa shape index (κ1) is 13.9. The molecule has 2 rings (SSSR count). The van der Waals surface area contributed by atoms with Gasteiger partial charge in [0.2, 0.25) is 0 Å². The number of aliphatic hydroxyl groups excluding tert-OH is 1. The van der Waals surface area contributed by atoms with Gasteiger partial charge in [-0.1, -0.05) is 19.8 Å². The number of aryl methyl sites for hydroxylation is 1. The van der Waals surface area contributed by atoms with Gasteiger partial charge in [0.1, 0.15) is 0 Å². The highest BCUT2D eigenvalue weighted by Gasteiger charge is 2.24. The van der Waals surface area contributed by atoms with E-state index in [9.17, 15) is 9.90 Å². The van der Waals surface area contributed by atoms with Gasteiger partial charge in [0, 0.05) is 12.5 Å². The Hall–Kier alpha value is -1.56. The summed E-state index contributed by atoms with van der Waals surface area (Å²) in [6, 6.07) is 0. The Morgan fingerprint density at radius 2 is 2.26 bits per heavy atom. The molecule has 1 aliphatic carbocycles. The Balaban J connectivity index is 1.91. The highest BCUT2D eigenvalue weighted by Crippen LogP contribution is 2.23. The van der Waals surface area contributed by atoms with E-state index in [0.29, 0.717) is 18.7 Å². The molecule has 1 amide bonds. The van der Waals surface area contributed by atoms with Crippen molar-refractivity contribution >= 4 is 11.6 Å². The Bertz CT molecular complexity index is 444. The van der Waals surface area contributed by atoms with Gasteiger partial charge in [-0.2, -0.15) is 5.10 Å². The maximum Gasteiger partial charge on any atom is 0.273 e. The molecule has 2 unspecified atom stereocenters. The van der Waals surface area contributed by atoms with Crippen LogP contribution in [0.1, 0.15) is 48.8 Å². The normalized spacial score (nSPS) is 23.3. The molecule has 1 aromatic rings. The molecule has 0 radical (unpaired) electrons. The molecular weight excluding hydrogens is 244 g/mol. The molecule has 1 aliphatic rings. The quantitative estimate of drug-likeness (QED) is 0.648. The number of nitrogens with zero attached hydrogens (tertiary/aromatic N) is 1. The highest BCUT2D eigenvalue weighted by atomic mass is 16.3. The maximum atomic E-state index is 12.0. The second kappa shape index (κ2) is 6.06. The van der Waals surface area contributed by atoms with Gasteiger partial charge in [-0.25, -0.2) is 0 Å². The van der Waals surface area contributed by atoms with Gasteiger partial charge < -0.3 is 16.2 Å². The maximum absolute atomic E-state index is 12.0. The van der Waals surface area contributed by atoms with Crippen molar-refractivity contribution < 1.29 is 9.90 Å². The van der Waals surface area contributed by atoms with Gasteiger partial charge in [0.25, 0.3) is 5.91 Å². The van der Waals surface area contributed by atoms with E-state index < -0.39 is 0 Å². The third-order valence-corrected chi connectivity index (χ3v) is 3.85. The van der Waals surface area contributed by atoms with Gasteiger partial charge in [-0.05, 0) is 19.3 Å². The topological polar surface area (TPSA) is 104 Å². The number of aromatic nitrogens is 2. The van der Waals surface area contributed by atoms with Crippen molar-refractivity contribution in [1.29, 1.82) is 0 Å². The first-order valence-corrected chi connectivity index (χ1v) is 6.92. The zero-order valence-electron chi connectivity index (χ0n) is 11.3. The number of hydrogen-bond acceptors (Lipinski definition) is 4. The van der Waals surface area contributed by atoms with Crippen molar-refractivity contribution in [2.75, 3.05) is 12.3 Å². The van der Waals surface area contributed by atoms with E-state index in [1.165, 1.54) is 0 Å². The van der Waals surface area contributed by atoms with Gasteiger partial charge in [-0.3, -0.25) is 9.89 Å². The van der Waals surface area contributed by atoms with Crippen molar-refractivity contribution in [1.82, 2.24) is 15.5 Å². The monoisotopic (exact) mass is 266 g/mol. The van der Waals surface area contributed by atoms with E-state index in [2.05, 4.69) is 15.5 Å². The number of nitrogen functional groups attached to an aromatic ring is 1. The SMILES string of the molecule is CCc1[nH]nc(C(=O)NCC2CCCCC2O)c1N. The van der Waals surface area contributed by atoms with E-state index in [1.807, 2.05) is 6.92 Å². The van der Waals surface area contributed by atoms with E-state index in [1.54, 1.807) is 0 Å². The molecule has 0 saturated heterocycles. The number of nitrogens with one attached hydrogen (secondary N) is 2. The molecule has 0 aliphatic heterocycles. The Morgan fingerprint density at radius 1 is 1.53 bits per heavy atom. The van der Waals surface area contributed by atoms with Crippen molar-refractivity contribution in [2.45, 2.75) is 45.1 Å². The first-order valence-electron chi connectivity index (χ1n) is 6.92. The third-order valence-electron chi connectivity index (χ3n) is 3.85. The predicted octanol–water partition coefficient (Wildman–Crippen LogP) is 0.835. The fraction of sp³-hybridized carbons (Fsp3) is 0.692. The minimum atomic E-state index is -0.309. The van der Waals surface area contributed by atoms with Gasteiger partial charge >= 0.3 is 0 Å². The smallest absolute Gasteiger partial charge is 0.273 e. The van der Waals surface area contributed by atoms with Gasteiger partial charge in [0.05, 0.1) is 17.5 Å². The van der Waals surface area contributed by atoms with Crippen LogP contribution in [0.2, 0.25) is 0 Å². The summed E-state index contributed by atoms with van der Waals surface area (Å²) in [4.78, 5) is 12.0. The lowest BCUT2D eigenvalue weighted by molar-refractivity contribution is 0.0662. The lowest BCUT2D eigenvalue weighted by Gasteiger charge is -2.27. The minimum absolute atomic E-state index is 0.142. The first-order chi connectivity index (χ1) is 9.13. The lowest BCUT2D eigenvalue weighted by Crippen LogP contribution is -2.37. The Labute approximate surface area is 112 Å². The molecule has 6 nitrogen and oxygen atoms in total. The summed E-state index contributed by atoms with van der Waals surface area (Å²) >= 11 is 0. The highest BCUT2D eigenvalue weighted by molar-refractivity contribution is 5.97. The summed E-state index contributed by atoms with van der Waals surface area (Å²) in [5.41, 5.74) is 7.30. The number of aliphatic hydroxyl groups is 1. The Kier molecular flexibility index (Phi) is 4.42. The summed E-state index contributed by atoms with van der Waals surface area (Å²) in [6.45, 7) is 2.43. The second-order valence-corrected chi connectivity index (χ2v) is 5.14.